The molecule has 14 heteroatoms. The van der Waals surface area contributed by atoms with Gasteiger partial charge in [-0.15, -0.1) is 0 Å². The van der Waals surface area contributed by atoms with Crippen LogP contribution in [0, 0.1) is 5.82 Å². The first-order valence-electron chi connectivity index (χ1n) is 12.6. The highest BCUT2D eigenvalue weighted by Gasteiger charge is 2.26. The summed E-state index contributed by atoms with van der Waals surface area (Å²) >= 11 is 11.9. The maximum atomic E-state index is 14.7. The molecule has 2 aromatic carbocycles. The number of anilines is 2. The van der Waals surface area contributed by atoms with Crippen LogP contribution in [-0.2, 0) is 19.1 Å². The van der Waals surface area contributed by atoms with Gasteiger partial charge in [-0.1, -0.05) is 23.2 Å². The van der Waals surface area contributed by atoms with Crippen LogP contribution >= 0.6 is 23.2 Å². The van der Waals surface area contributed by atoms with Crippen molar-refractivity contribution in [2.75, 3.05) is 32.1 Å². The van der Waals surface area contributed by atoms with Crippen molar-refractivity contribution < 1.29 is 31.3 Å². The first kappa shape index (κ1) is 30.0. The van der Waals surface area contributed by atoms with E-state index >= 15 is 0 Å². The Hall–Kier alpha value is -2.93. The summed E-state index contributed by atoms with van der Waals surface area (Å²) in [5.41, 5.74) is 0.640. The van der Waals surface area contributed by atoms with Crippen molar-refractivity contribution in [3.05, 3.63) is 46.5 Å². The topological polar surface area (TPSA) is 120 Å². The summed E-state index contributed by atoms with van der Waals surface area (Å²) in [4.78, 5) is 22.8. The van der Waals surface area contributed by atoms with Crippen molar-refractivity contribution in [3.8, 4) is 11.5 Å². The summed E-state index contributed by atoms with van der Waals surface area (Å²) in [6.07, 6.45) is 2.23. The van der Waals surface area contributed by atoms with Crippen molar-refractivity contribution in [1.29, 1.82) is 0 Å². The highest BCUT2D eigenvalue weighted by molar-refractivity contribution is 7.87. The molecule has 1 aliphatic rings. The lowest BCUT2D eigenvalue weighted by Gasteiger charge is -2.32. The molecule has 1 fully saturated rings. The fourth-order valence-electron chi connectivity index (χ4n) is 4.11. The minimum Gasteiger partial charge on any atom is -0.493 e. The van der Waals surface area contributed by atoms with Crippen LogP contribution in [-0.4, -0.2) is 67.4 Å². The van der Waals surface area contributed by atoms with Crippen LogP contribution in [0.5, 0.6) is 11.5 Å². The van der Waals surface area contributed by atoms with Crippen molar-refractivity contribution in [3.63, 3.8) is 0 Å². The van der Waals surface area contributed by atoms with Crippen molar-refractivity contribution >= 4 is 61.6 Å². The number of methoxy groups -OCH3 is 1. The van der Waals surface area contributed by atoms with Gasteiger partial charge < -0.3 is 19.7 Å². The fourth-order valence-corrected chi connectivity index (χ4v) is 5.01. The zero-order valence-corrected chi connectivity index (χ0v) is 24.4. The number of aromatic nitrogens is 2. The van der Waals surface area contributed by atoms with Crippen LogP contribution in [0.3, 0.4) is 0 Å². The Balaban J connectivity index is 1.44. The third-order valence-corrected chi connectivity index (χ3v) is 8.87. The average molecular weight is 616 g/mol. The van der Waals surface area contributed by atoms with Crippen LogP contribution in [0.4, 0.5) is 15.9 Å². The Bertz CT molecular complexity index is 1500. The first-order chi connectivity index (χ1) is 19.0. The molecule has 10 nitrogen and oxygen atoms in total. The van der Waals surface area contributed by atoms with E-state index in [1.165, 1.54) is 39.4 Å². The van der Waals surface area contributed by atoms with Crippen LogP contribution in [0.25, 0.3) is 10.9 Å². The smallest absolute Gasteiger partial charge is 0.269 e. The maximum absolute atomic E-state index is 14.7. The van der Waals surface area contributed by atoms with E-state index in [1.807, 2.05) is 0 Å². The molecule has 4 rings (SSSR count). The van der Waals surface area contributed by atoms with Crippen molar-refractivity contribution in [2.24, 2.45) is 0 Å². The third kappa shape index (κ3) is 6.85. The molecule has 0 unspecified atom stereocenters. The van der Waals surface area contributed by atoms with Crippen LogP contribution in [0.15, 0.2) is 30.6 Å². The number of carbonyl (C=O) groups is 1. The van der Waals surface area contributed by atoms with E-state index in [4.69, 9.17) is 36.9 Å². The molecule has 0 bridgehead atoms. The SMILES string of the molecule is COc1cc2ncnc(Nc3ccc(Cl)c(Cl)c3F)c2cc1OC1CCN(C(=O)CCOS(=O)(=O)C(C)C)CC1. The Labute approximate surface area is 241 Å². The second kappa shape index (κ2) is 12.7. The van der Waals surface area contributed by atoms with E-state index < -0.39 is 21.2 Å². The number of ether oxygens (including phenoxy) is 2. The molecule has 0 aliphatic carbocycles. The highest BCUT2D eigenvalue weighted by atomic mass is 35.5. The van der Waals surface area contributed by atoms with Gasteiger partial charge in [0.2, 0.25) is 5.91 Å². The van der Waals surface area contributed by atoms with E-state index in [-0.39, 0.29) is 40.8 Å². The zero-order valence-electron chi connectivity index (χ0n) is 22.1. The van der Waals surface area contributed by atoms with E-state index in [9.17, 15) is 17.6 Å². The molecule has 3 aromatic rings. The minimum atomic E-state index is -3.66. The van der Waals surface area contributed by atoms with Crippen LogP contribution in [0.1, 0.15) is 33.1 Å². The Morgan fingerprint density at radius 2 is 1.90 bits per heavy atom. The summed E-state index contributed by atoms with van der Waals surface area (Å²) < 4.78 is 54.9. The van der Waals surface area contributed by atoms with Gasteiger partial charge in [0.05, 0.1) is 46.6 Å². The Morgan fingerprint density at radius 1 is 1.18 bits per heavy atom. The average Bonchev–Trinajstić information content (AvgIpc) is 2.93. The number of carbonyl (C=O) groups excluding carboxylic acids is 1. The second-order valence-electron chi connectivity index (χ2n) is 9.40. The lowest BCUT2D eigenvalue weighted by Crippen LogP contribution is -2.42. The number of halogens is 3. The second-order valence-corrected chi connectivity index (χ2v) is 12.4. The summed E-state index contributed by atoms with van der Waals surface area (Å²) in [5.74, 6) is 0.347. The van der Waals surface area contributed by atoms with Gasteiger partial charge in [-0.3, -0.25) is 8.98 Å². The van der Waals surface area contributed by atoms with E-state index in [2.05, 4.69) is 15.3 Å². The molecule has 40 heavy (non-hydrogen) atoms. The molecule has 216 valence electrons. The van der Waals surface area contributed by atoms with E-state index in [0.29, 0.717) is 54.2 Å². The number of fused-ring (bicyclic) bond motifs is 1. The molecule has 1 amide bonds. The van der Waals surface area contributed by atoms with Crippen molar-refractivity contribution in [2.45, 2.75) is 44.5 Å². The maximum Gasteiger partial charge on any atom is 0.269 e. The highest BCUT2D eigenvalue weighted by Crippen LogP contribution is 2.37. The van der Waals surface area contributed by atoms with E-state index in [0.717, 1.165) is 0 Å². The minimum absolute atomic E-state index is 0.0226. The number of nitrogens with one attached hydrogen (secondary N) is 1. The predicted molar refractivity (Wildman–Crippen MR) is 151 cm³/mol. The van der Waals surface area contributed by atoms with Gasteiger partial charge in [-0.2, -0.15) is 8.42 Å². The molecule has 0 spiro atoms. The number of piperidine rings is 1. The lowest BCUT2D eigenvalue weighted by molar-refractivity contribution is -0.133. The summed E-state index contributed by atoms with van der Waals surface area (Å²) in [7, 11) is -2.15. The van der Waals surface area contributed by atoms with Gasteiger partial charge in [-0.25, -0.2) is 14.4 Å². The molecule has 1 saturated heterocycles. The number of rotatable bonds is 10. The molecule has 0 radical (unpaired) electrons. The standard InChI is InChI=1S/C26H29Cl2FN4O6S/c1-15(2)40(35,36)38-11-8-23(34)33-9-6-16(7-10-33)39-22-12-17-20(13-21(22)37-3)30-14-31-26(17)32-19-5-4-18(27)24(28)25(19)29/h4-5,12-16H,6-11H2,1-3H3,(H,30,31,32). The Morgan fingerprint density at radius 3 is 2.58 bits per heavy atom. The van der Waals surface area contributed by atoms with Gasteiger partial charge in [0.1, 0.15) is 18.2 Å². The molecule has 2 heterocycles. The summed E-state index contributed by atoms with van der Waals surface area (Å²) in [6.45, 7) is 3.75. The largest absolute Gasteiger partial charge is 0.493 e. The number of hydrogen-bond donors (Lipinski definition) is 1. The molecule has 1 aromatic heterocycles. The number of hydrogen-bond acceptors (Lipinski definition) is 9. The normalized spacial score (nSPS) is 14.5. The van der Waals surface area contributed by atoms with Gasteiger partial charge >= 0.3 is 0 Å². The van der Waals surface area contributed by atoms with E-state index in [1.54, 1.807) is 17.0 Å². The molecule has 1 aliphatic heterocycles. The lowest BCUT2D eigenvalue weighted by atomic mass is 10.1. The number of amides is 1. The number of benzene rings is 2. The van der Waals surface area contributed by atoms with Gasteiger partial charge in [0.25, 0.3) is 10.1 Å². The van der Waals surface area contributed by atoms with Gasteiger partial charge in [0, 0.05) is 37.4 Å². The fraction of sp³-hybridized carbons (Fsp3) is 0.423. The Kier molecular flexibility index (Phi) is 9.55. The van der Waals surface area contributed by atoms with Crippen LogP contribution < -0.4 is 14.8 Å². The summed E-state index contributed by atoms with van der Waals surface area (Å²) in [6, 6.07) is 6.36. The van der Waals surface area contributed by atoms with Crippen molar-refractivity contribution in [1.82, 2.24) is 14.9 Å². The molecular formula is C26H29Cl2FN4O6S. The van der Waals surface area contributed by atoms with Crippen LogP contribution in [0.2, 0.25) is 10.0 Å². The summed E-state index contributed by atoms with van der Waals surface area (Å²) in [5, 5.41) is 2.73. The molecule has 1 N–H and O–H groups in total. The zero-order chi connectivity index (χ0) is 29.0. The quantitative estimate of drug-likeness (QED) is 0.238. The van der Waals surface area contributed by atoms with Gasteiger partial charge in [-0.05, 0) is 32.0 Å². The first-order valence-corrected chi connectivity index (χ1v) is 14.8. The number of nitrogens with zero attached hydrogens (tertiary/aromatic N) is 3. The molecule has 0 saturated carbocycles. The van der Waals surface area contributed by atoms with Gasteiger partial charge in [0.15, 0.2) is 17.3 Å². The molecular weight excluding hydrogens is 586 g/mol. The monoisotopic (exact) mass is 614 g/mol. The number of likely N-dealkylation sites (tertiary alicyclic amines) is 1. The predicted octanol–water partition coefficient (Wildman–Crippen LogP) is 5.34. The third-order valence-electron chi connectivity index (χ3n) is 6.44. The molecule has 0 atom stereocenters.